The summed E-state index contributed by atoms with van der Waals surface area (Å²) in [6.07, 6.45) is 4.89. The van der Waals surface area contributed by atoms with Crippen LogP contribution in [0.5, 0.6) is 0 Å². The molecule has 0 unspecified atom stereocenters. The number of rotatable bonds is 7. The molecule has 9 nitrogen and oxygen atoms in total. The number of nitrogens with zero attached hydrogens (tertiary/aromatic N) is 4. The van der Waals surface area contributed by atoms with Gasteiger partial charge in [0.15, 0.2) is 5.82 Å². The van der Waals surface area contributed by atoms with Crippen molar-refractivity contribution in [2.75, 3.05) is 17.7 Å². The summed E-state index contributed by atoms with van der Waals surface area (Å²) in [7, 11) is -0.392. The Labute approximate surface area is 161 Å². The Morgan fingerprint density at radius 1 is 1.22 bits per heavy atom. The van der Waals surface area contributed by atoms with E-state index in [2.05, 4.69) is 30.4 Å². The first-order valence-corrected chi connectivity index (χ1v) is 9.78. The molecule has 0 aliphatic heterocycles. The van der Waals surface area contributed by atoms with Gasteiger partial charge < -0.3 is 10.6 Å². The third-order valence-electron chi connectivity index (χ3n) is 3.68. The predicted molar refractivity (Wildman–Crippen MR) is 104 cm³/mol. The van der Waals surface area contributed by atoms with Crippen LogP contribution in [-0.4, -0.2) is 35.2 Å². The van der Waals surface area contributed by atoms with Crippen molar-refractivity contribution >= 4 is 39.1 Å². The molecular weight excluding hydrogens is 390 g/mol. The van der Waals surface area contributed by atoms with Gasteiger partial charge in [0.25, 0.3) is 0 Å². The third kappa shape index (κ3) is 4.54. The maximum atomic E-state index is 12.2. The minimum absolute atomic E-state index is 0.193. The van der Waals surface area contributed by atoms with Crippen molar-refractivity contribution < 1.29 is 8.42 Å². The SMILES string of the molecule is CNS(=O)(=O)c1ccccc1CNc1nc(Nc2cnn(C)c2)ncc1Cl. The Bertz CT molecular complexity index is 1050. The van der Waals surface area contributed by atoms with Crippen LogP contribution in [0, 0.1) is 0 Å². The lowest BCUT2D eigenvalue weighted by atomic mass is 10.2. The van der Waals surface area contributed by atoms with E-state index in [9.17, 15) is 8.42 Å². The lowest BCUT2D eigenvalue weighted by Crippen LogP contribution is -2.20. The Morgan fingerprint density at radius 2 is 2.00 bits per heavy atom. The third-order valence-corrected chi connectivity index (χ3v) is 5.47. The van der Waals surface area contributed by atoms with Gasteiger partial charge in [0.05, 0.1) is 23.0 Å². The van der Waals surface area contributed by atoms with Gasteiger partial charge in [-0.3, -0.25) is 4.68 Å². The number of aromatic nitrogens is 4. The van der Waals surface area contributed by atoms with Crippen LogP contribution < -0.4 is 15.4 Å². The van der Waals surface area contributed by atoms with E-state index in [4.69, 9.17) is 11.6 Å². The van der Waals surface area contributed by atoms with Gasteiger partial charge in [0.1, 0.15) is 5.02 Å². The molecule has 3 N–H and O–H groups in total. The van der Waals surface area contributed by atoms with Crippen molar-refractivity contribution in [2.24, 2.45) is 7.05 Å². The summed E-state index contributed by atoms with van der Waals surface area (Å²) < 4.78 is 28.3. The Balaban J connectivity index is 1.80. The van der Waals surface area contributed by atoms with Crippen LogP contribution in [0.1, 0.15) is 5.56 Å². The van der Waals surface area contributed by atoms with Gasteiger partial charge >= 0.3 is 0 Å². The molecule has 0 bridgehead atoms. The Morgan fingerprint density at radius 3 is 2.70 bits per heavy atom. The summed E-state index contributed by atoms with van der Waals surface area (Å²) in [6, 6.07) is 6.70. The van der Waals surface area contributed by atoms with E-state index in [1.54, 1.807) is 48.4 Å². The van der Waals surface area contributed by atoms with E-state index in [1.807, 2.05) is 0 Å². The monoisotopic (exact) mass is 407 g/mol. The summed E-state index contributed by atoms with van der Waals surface area (Å²) in [5.41, 5.74) is 1.32. The summed E-state index contributed by atoms with van der Waals surface area (Å²) in [5.74, 6) is 0.723. The average molecular weight is 408 g/mol. The van der Waals surface area contributed by atoms with Gasteiger partial charge in [-0.05, 0) is 18.7 Å². The van der Waals surface area contributed by atoms with Crippen molar-refractivity contribution in [1.29, 1.82) is 0 Å². The molecule has 0 spiro atoms. The number of nitrogens with one attached hydrogen (secondary N) is 3. The van der Waals surface area contributed by atoms with Crippen molar-refractivity contribution in [2.45, 2.75) is 11.4 Å². The van der Waals surface area contributed by atoms with Crippen LogP contribution in [0.3, 0.4) is 0 Å². The number of hydrogen-bond donors (Lipinski definition) is 3. The highest BCUT2D eigenvalue weighted by Crippen LogP contribution is 2.23. The van der Waals surface area contributed by atoms with Gasteiger partial charge in [-0.1, -0.05) is 29.8 Å². The molecule has 11 heteroatoms. The molecule has 142 valence electrons. The molecule has 3 aromatic rings. The summed E-state index contributed by atoms with van der Waals surface area (Å²) in [5, 5.41) is 10.5. The van der Waals surface area contributed by atoms with E-state index in [-0.39, 0.29) is 11.4 Å². The van der Waals surface area contributed by atoms with Crippen LogP contribution in [0.25, 0.3) is 0 Å². The normalized spacial score (nSPS) is 11.4. The number of benzene rings is 1. The van der Waals surface area contributed by atoms with Crippen molar-refractivity contribution in [3.8, 4) is 0 Å². The number of sulfonamides is 1. The van der Waals surface area contributed by atoms with Gasteiger partial charge in [0.2, 0.25) is 16.0 Å². The van der Waals surface area contributed by atoms with E-state index in [1.165, 1.54) is 13.2 Å². The zero-order valence-electron chi connectivity index (χ0n) is 14.6. The topological polar surface area (TPSA) is 114 Å². The highest BCUT2D eigenvalue weighted by Gasteiger charge is 2.16. The molecule has 2 aromatic heterocycles. The predicted octanol–water partition coefficient (Wildman–Crippen LogP) is 2.13. The second kappa shape index (κ2) is 7.91. The summed E-state index contributed by atoms with van der Waals surface area (Å²) >= 11 is 6.16. The van der Waals surface area contributed by atoms with Gasteiger partial charge in [0, 0.05) is 19.8 Å². The van der Waals surface area contributed by atoms with Crippen molar-refractivity contribution in [1.82, 2.24) is 24.5 Å². The molecule has 0 radical (unpaired) electrons. The fourth-order valence-corrected chi connectivity index (χ4v) is 3.49. The molecule has 2 heterocycles. The van der Waals surface area contributed by atoms with Crippen LogP contribution in [0.4, 0.5) is 17.5 Å². The summed E-state index contributed by atoms with van der Waals surface area (Å²) in [6.45, 7) is 0.222. The maximum absolute atomic E-state index is 12.2. The standard InChI is InChI=1S/C16H18ClN7O2S/c1-18-27(25,26)14-6-4-3-5-11(14)7-19-15-13(17)9-20-16(23-15)22-12-8-21-24(2)10-12/h3-6,8-10,18H,7H2,1-2H3,(H2,19,20,22,23). The highest BCUT2D eigenvalue weighted by molar-refractivity contribution is 7.89. The van der Waals surface area contributed by atoms with Crippen LogP contribution >= 0.6 is 11.6 Å². The first-order valence-electron chi connectivity index (χ1n) is 7.92. The molecule has 0 fully saturated rings. The average Bonchev–Trinajstić information content (AvgIpc) is 3.07. The minimum Gasteiger partial charge on any atom is -0.365 e. The lowest BCUT2D eigenvalue weighted by Gasteiger charge is -2.12. The number of anilines is 3. The minimum atomic E-state index is -3.57. The van der Waals surface area contributed by atoms with Gasteiger partial charge in [-0.25, -0.2) is 18.1 Å². The molecule has 0 saturated carbocycles. The first kappa shape index (κ1) is 19.1. The molecule has 1 aromatic carbocycles. The largest absolute Gasteiger partial charge is 0.365 e. The number of hydrogen-bond acceptors (Lipinski definition) is 7. The number of halogens is 1. The summed E-state index contributed by atoms with van der Waals surface area (Å²) in [4.78, 5) is 8.66. The molecule has 0 atom stereocenters. The van der Waals surface area contributed by atoms with E-state index < -0.39 is 10.0 Å². The first-order chi connectivity index (χ1) is 12.9. The van der Waals surface area contributed by atoms with E-state index >= 15 is 0 Å². The fourth-order valence-electron chi connectivity index (χ4n) is 2.37. The molecule has 0 saturated heterocycles. The highest BCUT2D eigenvalue weighted by atomic mass is 35.5. The molecule has 0 amide bonds. The smallest absolute Gasteiger partial charge is 0.240 e. The Kier molecular flexibility index (Phi) is 5.59. The second-order valence-corrected chi connectivity index (χ2v) is 7.85. The molecule has 27 heavy (non-hydrogen) atoms. The van der Waals surface area contributed by atoms with Gasteiger partial charge in [-0.15, -0.1) is 0 Å². The van der Waals surface area contributed by atoms with E-state index in [0.29, 0.717) is 22.4 Å². The van der Waals surface area contributed by atoms with Crippen molar-refractivity contribution in [3.63, 3.8) is 0 Å². The Hall–Kier alpha value is -2.69. The van der Waals surface area contributed by atoms with Crippen molar-refractivity contribution in [3.05, 3.63) is 53.4 Å². The second-order valence-electron chi connectivity index (χ2n) is 5.59. The fraction of sp³-hybridized carbons (Fsp3) is 0.188. The van der Waals surface area contributed by atoms with E-state index in [0.717, 1.165) is 5.69 Å². The van der Waals surface area contributed by atoms with Crippen LogP contribution in [0.2, 0.25) is 5.02 Å². The van der Waals surface area contributed by atoms with Crippen LogP contribution in [-0.2, 0) is 23.6 Å². The lowest BCUT2D eigenvalue weighted by molar-refractivity contribution is 0.587. The maximum Gasteiger partial charge on any atom is 0.240 e. The van der Waals surface area contributed by atoms with Crippen LogP contribution in [0.15, 0.2) is 47.8 Å². The number of aryl methyl sites for hydroxylation is 1. The zero-order valence-corrected chi connectivity index (χ0v) is 16.2. The molecule has 0 aliphatic carbocycles. The van der Waals surface area contributed by atoms with Gasteiger partial charge in [-0.2, -0.15) is 10.1 Å². The molecule has 3 rings (SSSR count). The quantitative estimate of drug-likeness (QED) is 0.549. The molecule has 0 aliphatic rings. The molecular formula is C16H18ClN7O2S. The zero-order chi connectivity index (χ0) is 19.4.